The normalized spacial score (nSPS) is 20.8. The van der Waals surface area contributed by atoms with Gasteiger partial charge in [0, 0.05) is 26.2 Å². The zero-order valence-electron chi connectivity index (χ0n) is 13.9. The van der Waals surface area contributed by atoms with Gasteiger partial charge in [-0.15, -0.1) is 0 Å². The summed E-state index contributed by atoms with van der Waals surface area (Å²) in [6.45, 7) is 9.41. The van der Waals surface area contributed by atoms with Crippen molar-refractivity contribution < 1.29 is 14.3 Å². The van der Waals surface area contributed by atoms with Crippen LogP contribution >= 0.6 is 0 Å². The number of carbonyl (C=O) groups excluding carboxylic acids is 2. The molecule has 2 amide bonds. The van der Waals surface area contributed by atoms with E-state index in [1.165, 1.54) is 0 Å². The Hall–Kier alpha value is -1.30. The van der Waals surface area contributed by atoms with Crippen LogP contribution in [0.1, 0.15) is 40.5 Å². The summed E-state index contributed by atoms with van der Waals surface area (Å²) in [6.07, 6.45) is 1.78. The van der Waals surface area contributed by atoms with Crippen LogP contribution in [0.4, 0.5) is 4.79 Å². The highest BCUT2D eigenvalue weighted by molar-refractivity contribution is 5.77. The number of amides is 2. The summed E-state index contributed by atoms with van der Waals surface area (Å²) >= 11 is 0. The average molecular weight is 299 g/mol. The molecule has 0 aromatic carbocycles. The van der Waals surface area contributed by atoms with Gasteiger partial charge >= 0.3 is 6.09 Å². The van der Waals surface area contributed by atoms with Gasteiger partial charge in [0.25, 0.3) is 0 Å². The molecule has 0 saturated carbocycles. The zero-order valence-corrected chi connectivity index (χ0v) is 13.9. The second-order valence-corrected chi connectivity index (χ2v) is 6.67. The number of nitrogens with one attached hydrogen (secondary N) is 2. The first-order chi connectivity index (χ1) is 9.73. The molecule has 6 heteroatoms. The predicted octanol–water partition coefficient (Wildman–Crippen LogP) is 1.36. The molecule has 1 fully saturated rings. The van der Waals surface area contributed by atoms with E-state index in [1.807, 2.05) is 20.8 Å². The lowest BCUT2D eigenvalue weighted by molar-refractivity contribution is -0.120. The number of likely N-dealkylation sites (tertiary alicyclic amines) is 1. The molecule has 1 aliphatic rings. The molecule has 0 aliphatic carbocycles. The molecule has 0 radical (unpaired) electrons. The van der Waals surface area contributed by atoms with Gasteiger partial charge in [0.2, 0.25) is 5.91 Å². The number of likely N-dealkylation sites (N-methyl/N-ethyl adjacent to an activating group) is 1. The summed E-state index contributed by atoms with van der Waals surface area (Å²) in [5, 5.41) is 5.81. The van der Waals surface area contributed by atoms with Gasteiger partial charge in [-0.05, 0) is 46.5 Å². The van der Waals surface area contributed by atoms with Gasteiger partial charge in [0.05, 0.1) is 6.54 Å². The highest BCUT2D eigenvalue weighted by Crippen LogP contribution is 2.21. The first-order valence-electron chi connectivity index (χ1n) is 7.65. The topological polar surface area (TPSA) is 70.7 Å². The molecule has 2 N–H and O–H groups in total. The fraction of sp³-hybridized carbons (Fsp3) is 0.867. The second-order valence-electron chi connectivity index (χ2n) is 6.67. The van der Waals surface area contributed by atoms with E-state index in [1.54, 1.807) is 11.9 Å². The summed E-state index contributed by atoms with van der Waals surface area (Å²) < 4.78 is 5.42. The van der Waals surface area contributed by atoms with Crippen LogP contribution in [0.15, 0.2) is 0 Å². The van der Waals surface area contributed by atoms with Crippen LogP contribution in [0.2, 0.25) is 0 Å². The Morgan fingerprint density at radius 3 is 2.62 bits per heavy atom. The molecule has 122 valence electrons. The van der Waals surface area contributed by atoms with Gasteiger partial charge in [-0.2, -0.15) is 0 Å². The number of piperidine rings is 1. The summed E-state index contributed by atoms with van der Waals surface area (Å²) in [7, 11) is 1.62. The van der Waals surface area contributed by atoms with Crippen LogP contribution in [0.5, 0.6) is 0 Å². The smallest absolute Gasteiger partial charge is 0.410 e. The van der Waals surface area contributed by atoms with E-state index in [4.69, 9.17) is 4.74 Å². The Kier molecular flexibility index (Phi) is 6.45. The molecule has 0 bridgehead atoms. The molecule has 21 heavy (non-hydrogen) atoms. The van der Waals surface area contributed by atoms with Crippen molar-refractivity contribution in [1.29, 1.82) is 0 Å². The molecule has 6 nitrogen and oxygen atoms in total. The first-order valence-corrected chi connectivity index (χ1v) is 7.65. The fourth-order valence-corrected chi connectivity index (χ4v) is 2.42. The van der Waals surface area contributed by atoms with Crippen LogP contribution in [0.25, 0.3) is 0 Å². The van der Waals surface area contributed by atoms with Crippen LogP contribution in [0.3, 0.4) is 0 Å². The third kappa shape index (κ3) is 6.33. The number of rotatable bonds is 4. The number of nitrogens with zero attached hydrogens (tertiary/aromatic N) is 1. The van der Waals surface area contributed by atoms with Crippen molar-refractivity contribution in [2.75, 3.05) is 26.7 Å². The summed E-state index contributed by atoms with van der Waals surface area (Å²) in [5.41, 5.74) is -0.465. The van der Waals surface area contributed by atoms with Crippen molar-refractivity contribution in [3.8, 4) is 0 Å². The highest BCUT2D eigenvalue weighted by Gasteiger charge is 2.30. The minimum Gasteiger partial charge on any atom is -0.444 e. The zero-order chi connectivity index (χ0) is 16.0. The molecule has 2 atom stereocenters. The van der Waals surface area contributed by atoms with Gasteiger partial charge in [0.1, 0.15) is 5.60 Å². The van der Waals surface area contributed by atoms with E-state index in [2.05, 4.69) is 17.6 Å². The van der Waals surface area contributed by atoms with Crippen LogP contribution in [0, 0.1) is 5.92 Å². The molecule has 1 rings (SSSR count). The molecule has 0 aromatic heterocycles. The molecule has 1 aliphatic heterocycles. The van der Waals surface area contributed by atoms with Crippen LogP contribution in [-0.2, 0) is 9.53 Å². The van der Waals surface area contributed by atoms with Gasteiger partial charge < -0.3 is 20.3 Å². The molecule has 0 aromatic rings. The molecule has 1 heterocycles. The predicted molar refractivity (Wildman–Crippen MR) is 82.1 cm³/mol. The van der Waals surface area contributed by atoms with E-state index >= 15 is 0 Å². The Labute approximate surface area is 127 Å². The van der Waals surface area contributed by atoms with Crippen molar-refractivity contribution >= 4 is 12.0 Å². The number of ether oxygens (including phenoxy) is 1. The van der Waals surface area contributed by atoms with E-state index < -0.39 is 5.60 Å². The minimum atomic E-state index is -0.465. The minimum absolute atomic E-state index is 0.0262. The van der Waals surface area contributed by atoms with Crippen LogP contribution < -0.4 is 10.6 Å². The molecular weight excluding hydrogens is 270 g/mol. The summed E-state index contributed by atoms with van der Waals surface area (Å²) in [6, 6.07) is 0.188. The van der Waals surface area contributed by atoms with Gasteiger partial charge in [-0.3, -0.25) is 4.79 Å². The van der Waals surface area contributed by atoms with Gasteiger partial charge in [0.15, 0.2) is 0 Å². The first kappa shape index (κ1) is 17.8. The van der Waals surface area contributed by atoms with Crippen molar-refractivity contribution in [2.24, 2.45) is 5.92 Å². The van der Waals surface area contributed by atoms with Crippen molar-refractivity contribution in [3.63, 3.8) is 0 Å². The second kappa shape index (κ2) is 7.64. The van der Waals surface area contributed by atoms with E-state index in [0.29, 0.717) is 19.0 Å². The SMILES string of the molecule is CNC(=O)CNC(C)C1CCCN(C(=O)OC(C)(C)C)C1. The highest BCUT2D eigenvalue weighted by atomic mass is 16.6. The molecule has 2 unspecified atom stereocenters. The Morgan fingerprint density at radius 1 is 1.38 bits per heavy atom. The number of carbonyl (C=O) groups is 2. The quantitative estimate of drug-likeness (QED) is 0.822. The van der Waals surface area contributed by atoms with E-state index in [0.717, 1.165) is 19.4 Å². The summed E-state index contributed by atoms with van der Waals surface area (Å²) in [4.78, 5) is 25.2. The molecular formula is C15H29N3O3. The summed E-state index contributed by atoms with van der Waals surface area (Å²) in [5.74, 6) is 0.317. The van der Waals surface area contributed by atoms with E-state index in [-0.39, 0.29) is 18.0 Å². The van der Waals surface area contributed by atoms with Crippen molar-refractivity contribution in [1.82, 2.24) is 15.5 Å². The Bertz CT molecular complexity index is 366. The number of hydrogen-bond donors (Lipinski definition) is 2. The molecule has 1 saturated heterocycles. The third-order valence-electron chi connectivity index (χ3n) is 3.68. The maximum atomic E-state index is 12.1. The maximum absolute atomic E-state index is 12.1. The van der Waals surface area contributed by atoms with E-state index in [9.17, 15) is 9.59 Å². The monoisotopic (exact) mass is 299 g/mol. The lowest BCUT2D eigenvalue weighted by atomic mass is 9.92. The largest absolute Gasteiger partial charge is 0.444 e. The lowest BCUT2D eigenvalue weighted by Gasteiger charge is -2.36. The van der Waals surface area contributed by atoms with Crippen molar-refractivity contribution in [2.45, 2.75) is 52.2 Å². The average Bonchev–Trinajstić information content (AvgIpc) is 2.42. The van der Waals surface area contributed by atoms with Crippen LogP contribution in [-0.4, -0.2) is 55.2 Å². The fourth-order valence-electron chi connectivity index (χ4n) is 2.42. The van der Waals surface area contributed by atoms with Gasteiger partial charge in [-0.25, -0.2) is 4.79 Å². The third-order valence-corrected chi connectivity index (χ3v) is 3.68. The van der Waals surface area contributed by atoms with Gasteiger partial charge in [-0.1, -0.05) is 0 Å². The lowest BCUT2D eigenvalue weighted by Crippen LogP contribution is -2.49. The van der Waals surface area contributed by atoms with Crippen molar-refractivity contribution in [3.05, 3.63) is 0 Å². The Morgan fingerprint density at radius 2 is 2.05 bits per heavy atom. The molecule has 0 spiro atoms. The Balaban J connectivity index is 2.47. The standard InChI is InChI=1S/C15H29N3O3/c1-11(17-9-13(19)16-5)12-7-6-8-18(10-12)14(20)21-15(2,3)4/h11-12,17H,6-10H2,1-5H3,(H,16,19). The maximum Gasteiger partial charge on any atom is 0.410 e. The number of hydrogen-bond acceptors (Lipinski definition) is 4.